The molecule has 0 unspecified atom stereocenters. The maximum Gasteiger partial charge on any atom is 0.192 e. The van der Waals surface area contributed by atoms with Gasteiger partial charge in [0.05, 0.1) is 11.8 Å². The summed E-state index contributed by atoms with van der Waals surface area (Å²) in [6, 6.07) is 3.66. The third kappa shape index (κ3) is 1.94. The molecule has 0 radical (unpaired) electrons. The normalized spacial score (nSPS) is 9.87. The summed E-state index contributed by atoms with van der Waals surface area (Å²) < 4.78 is 1.61. The molecule has 0 N–H and O–H groups in total. The van der Waals surface area contributed by atoms with Crippen molar-refractivity contribution in [3.05, 3.63) is 24.2 Å². The number of aromatic nitrogens is 5. The van der Waals surface area contributed by atoms with Gasteiger partial charge in [0.15, 0.2) is 5.16 Å². The van der Waals surface area contributed by atoms with E-state index < -0.39 is 0 Å². The number of nitrogens with zero attached hydrogens (tertiary/aromatic N) is 6. The molecule has 15 heavy (non-hydrogen) atoms. The van der Waals surface area contributed by atoms with Crippen LogP contribution < -0.4 is 0 Å². The van der Waals surface area contributed by atoms with Crippen LogP contribution in [-0.4, -0.2) is 25.0 Å². The van der Waals surface area contributed by atoms with E-state index in [0.29, 0.717) is 15.7 Å². The van der Waals surface area contributed by atoms with Gasteiger partial charge in [-0.1, -0.05) is 0 Å². The second-order valence-corrected chi connectivity index (χ2v) is 3.59. The molecule has 6 nitrogen and oxygen atoms in total. The topological polar surface area (TPSA) is 80.3 Å². The number of hydrogen-bond donors (Lipinski definition) is 0. The van der Waals surface area contributed by atoms with Crippen molar-refractivity contribution in [3.8, 4) is 6.07 Å². The SMILES string of the molecule is Cn1ncnc1Sc1nnccc1C#N. The van der Waals surface area contributed by atoms with Gasteiger partial charge in [-0.15, -0.1) is 5.10 Å². The van der Waals surface area contributed by atoms with E-state index >= 15 is 0 Å². The fourth-order valence-electron chi connectivity index (χ4n) is 0.944. The molecule has 0 aliphatic rings. The van der Waals surface area contributed by atoms with Gasteiger partial charge in [-0.05, 0) is 17.8 Å². The van der Waals surface area contributed by atoms with Crippen LogP contribution in [0.15, 0.2) is 28.8 Å². The Morgan fingerprint density at radius 2 is 2.40 bits per heavy atom. The van der Waals surface area contributed by atoms with Gasteiger partial charge in [0.25, 0.3) is 0 Å². The van der Waals surface area contributed by atoms with Crippen molar-refractivity contribution in [1.29, 1.82) is 5.26 Å². The van der Waals surface area contributed by atoms with E-state index in [0.717, 1.165) is 0 Å². The molecule has 2 rings (SSSR count). The van der Waals surface area contributed by atoms with Crippen LogP contribution in [0.2, 0.25) is 0 Å². The maximum atomic E-state index is 8.84. The molecule has 0 aliphatic heterocycles. The Morgan fingerprint density at radius 1 is 1.53 bits per heavy atom. The summed E-state index contributed by atoms with van der Waals surface area (Å²) in [7, 11) is 1.78. The van der Waals surface area contributed by atoms with Crippen LogP contribution in [0.1, 0.15) is 5.56 Å². The molecule has 7 heteroatoms. The Kier molecular flexibility index (Phi) is 2.60. The Morgan fingerprint density at radius 3 is 3.07 bits per heavy atom. The predicted octanol–water partition coefficient (Wildman–Crippen LogP) is 0.628. The van der Waals surface area contributed by atoms with E-state index in [1.807, 2.05) is 6.07 Å². The third-order valence-corrected chi connectivity index (χ3v) is 2.71. The smallest absolute Gasteiger partial charge is 0.192 e. The van der Waals surface area contributed by atoms with Crippen LogP contribution in [0.25, 0.3) is 0 Å². The van der Waals surface area contributed by atoms with Crippen molar-refractivity contribution >= 4 is 11.8 Å². The highest BCUT2D eigenvalue weighted by Crippen LogP contribution is 2.24. The van der Waals surface area contributed by atoms with Crippen molar-refractivity contribution in [3.63, 3.8) is 0 Å². The van der Waals surface area contributed by atoms with Gasteiger partial charge in [0, 0.05) is 7.05 Å². The number of nitriles is 1. The molecule has 0 atom stereocenters. The van der Waals surface area contributed by atoms with E-state index in [2.05, 4.69) is 20.3 Å². The van der Waals surface area contributed by atoms with Gasteiger partial charge in [-0.2, -0.15) is 15.5 Å². The summed E-state index contributed by atoms with van der Waals surface area (Å²) >= 11 is 1.27. The molecular weight excluding hydrogens is 212 g/mol. The van der Waals surface area contributed by atoms with Gasteiger partial charge in [0.2, 0.25) is 0 Å². The standard InChI is InChI=1S/C8H6N6S/c1-14-8(10-5-12-14)15-7-6(4-9)2-3-11-13-7/h2-3,5H,1H3. The monoisotopic (exact) mass is 218 g/mol. The first kappa shape index (κ1) is 9.61. The predicted molar refractivity (Wildman–Crippen MR) is 51.9 cm³/mol. The Bertz CT molecular complexity index is 514. The second-order valence-electron chi connectivity index (χ2n) is 2.63. The first-order valence-electron chi connectivity index (χ1n) is 4.05. The molecule has 0 spiro atoms. The molecule has 2 aromatic rings. The highest BCUT2D eigenvalue weighted by Gasteiger charge is 2.09. The van der Waals surface area contributed by atoms with Crippen molar-refractivity contribution in [2.24, 2.45) is 7.05 Å². The van der Waals surface area contributed by atoms with Crippen molar-refractivity contribution in [2.75, 3.05) is 0 Å². The van der Waals surface area contributed by atoms with Gasteiger partial charge in [0.1, 0.15) is 17.4 Å². The first-order valence-corrected chi connectivity index (χ1v) is 4.86. The lowest BCUT2D eigenvalue weighted by Crippen LogP contribution is -1.95. The lowest BCUT2D eigenvalue weighted by molar-refractivity contribution is 0.684. The van der Waals surface area contributed by atoms with Crippen LogP contribution in [0.3, 0.4) is 0 Å². The minimum atomic E-state index is 0.484. The summed E-state index contributed by atoms with van der Waals surface area (Å²) in [6.07, 6.45) is 2.93. The van der Waals surface area contributed by atoms with Gasteiger partial charge >= 0.3 is 0 Å². The molecule has 2 aromatic heterocycles. The lowest BCUT2D eigenvalue weighted by atomic mass is 10.3. The highest BCUT2D eigenvalue weighted by molar-refractivity contribution is 7.99. The fraction of sp³-hybridized carbons (Fsp3) is 0.125. The van der Waals surface area contributed by atoms with Crippen molar-refractivity contribution in [2.45, 2.75) is 10.2 Å². The molecule has 74 valence electrons. The van der Waals surface area contributed by atoms with Gasteiger partial charge in [-0.25, -0.2) is 9.67 Å². The molecule has 2 heterocycles. The molecule has 0 saturated carbocycles. The average Bonchev–Trinajstić information content (AvgIpc) is 2.65. The van der Waals surface area contributed by atoms with Crippen LogP contribution in [0, 0.1) is 11.3 Å². The molecule has 0 aromatic carbocycles. The average molecular weight is 218 g/mol. The van der Waals surface area contributed by atoms with Crippen LogP contribution >= 0.6 is 11.8 Å². The second kappa shape index (κ2) is 4.06. The summed E-state index contributed by atoms with van der Waals surface area (Å²) in [6.45, 7) is 0. The molecule has 0 aliphatic carbocycles. The van der Waals surface area contributed by atoms with E-state index in [1.165, 1.54) is 24.3 Å². The van der Waals surface area contributed by atoms with E-state index in [-0.39, 0.29) is 0 Å². The Balaban J connectivity index is 2.33. The summed E-state index contributed by atoms with van der Waals surface area (Å²) in [5.74, 6) is 0. The summed E-state index contributed by atoms with van der Waals surface area (Å²) in [5.41, 5.74) is 0.484. The summed E-state index contributed by atoms with van der Waals surface area (Å²) in [4.78, 5) is 4.02. The number of rotatable bonds is 2. The molecule has 0 bridgehead atoms. The zero-order valence-electron chi connectivity index (χ0n) is 7.82. The zero-order chi connectivity index (χ0) is 10.7. The zero-order valence-corrected chi connectivity index (χ0v) is 8.64. The minimum Gasteiger partial charge on any atom is -0.244 e. The highest BCUT2D eigenvalue weighted by atomic mass is 32.2. The van der Waals surface area contributed by atoms with Gasteiger partial charge in [-0.3, -0.25) is 0 Å². The van der Waals surface area contributed by atoms with Crippen molar-refractivity contribution in [1.82, 2.24) is 25.0 Å². The van der Waals surface area contributed by atoms with E-state index in [9.17, 15) is 0 Å². The van der Waals surface area contributed by atoms with Crippen molar-refractivity contribution < 1.29 is 0 Å². The van der Waals surface area contributed by atoms with E-state index in [1.54, 1.807) is 17.8 Å². The number of aryl methyl sites for hydroxylation is 1. The Labute approximate surface area is 90.0 Å². The van der Waals surface area contributed by atoms with Crippen LogP contribution in [0.5, 0.6) is 0 Å². The Hall–Kier alpha value is -1.94. The minimum absolute atomic E-state index is 0.484. The molecule has 0 fully saturated rings. The summed E-state index contributed by atoms with van der Waals surface area (Å²) in [5, 5.41) is 21.6. The first-order chi connectivity index (χ1) is 7.31. The fourth-order valence-corrected chi connectivity index (χ4v) is 1.71. The lowest BCUT2D eigenvalue weighted by Gasteiger charge is -1.99. The quantitative estimate of drug-likeness (QED) is 0.735. The molecular formula is C8H6N6S. The molecule has 0 saturated heterocycles. The van der Waals surface area contributed by atoms with Gasteiger partial charge < -0.3 is 0 Å². The number of hydrogen-bond acceptors (Lipinski definition) is 6. The van der Waals surface area contributed by atoms with Crippen LogP contribution in [0.4, 0.5) is 0 Å². The van der Waals surface area contributed by atoms with Crippen LogP contribution in [-0.2, 0) is 7.05 Å². The molecule has 0 amide bonds. The van der Waals surface area contributed by atoms with E-state index in [4.69, 9.17) is 5.26 Å². The largest absolute Gasteiger partial charge is 0.244 e. The third-order valence-electron chi connectivity index (χ3n) is 1.67. The maximum absolute atomic E-state index is 8.84.